The molecule has 2 rings (SSSR count). The summed E-state index contributed by atoms with van der Waals surface area (Å²) in [4.78, 5) is 6.73. The van der Waals surface area contributed by atoms with Crippen LogP contribution in [0.25, 0.3) is 0 Å². The molecule has 0 aromatic heterocycles. The molecular weight excluding hydrogens is 300 g/mol. The van der Waals surface area contributed by atoms with Gasteiger partial charge in [0, 0.05) is 32.7 Å². The lowest BCUT2D eigenvalue weighted by Gasteiger charge is -2.22. The van der Waals surface area contributed by atoms with Gasteiger partial charge in [-0.3, -0.25) is 4.99 Å². The van der Waals surface area contributed by atoms with E-state index in [4.69, 9.17) is 4.74 Å². The lowest BCUT2D eigenvalue weighted by molar-refractivity contribution is 0.415. The maximum absolute atomic E-state index is 5.48. The van der Waals surface area contributed by atoms with Crippen molar-refractivity contribution in [2.24, 2.45) is 4.99 Å². The Morgan fingerprint density at radius 3 is 2.88 bits per heavy atom. The van der Waals surface area contributed by atoms with E-state index in [0.29, 0.717) is 6.04 Å². The second-order valence-electron chi connectivity index (χ2n) is 6.31. The number of nitrogens with one attached hydrogen (secondary N) is 2. The largest absolute Gasteiger partial charge is 0.495 e. The number of anilines is 1. The lowest BCUT2D eigenvalue weighted by Crippen LogP contribution is -2.44. The van der Waals surface area contributed by atoms with Gasteiger partial charge in [0.25, 0.3) is 0 Å². The summed E-state index contributed by atoms with van der Waals surface area (Å²) in [5.74, 6) is 1.86. The second kappa shape index (κ2) is 10.1. The van der Waals surface area contributed by atoms with E-state index in [1.54, 1.807) is 7.11 Å². The van der Waals surface area contributed by atoms with Gasteiger partial charge < -0.3 is 20.3 Å². The predicted molar refractivity (Wildman–Crippen MR) is 102 cm³/mol. The first kappa shape index (κ1) is 18.4. The lowest BCUT2D eigenvalue weighted by atomic mass is 10.2. The Labute approximate surface area is 146 Å². The van der Waals surface area contributed by atoms with Crippen molar-refractivity contribution in [2.45, 2.75) is 45.1 Å². The topological polar surface area (TPSA) is 48.9 Å². The molecule has 5 nitrogen and oxygen atoms in total. The first-order valence-corrected chi connectivity index (χ1v) is 9.13. The molecule has 1 aliphatic rings. The molecule has 0 saturated carbocycles. The molecule has 24 heavy (non-hydrogen) atoms. The van der Waals surface area contributed by atoms with Crippen molar-refractivity contribution in [3.63, 3.8) is 0 Å². The molecule has 5 heteroatoms. The summed E-state index contributed by atoms with van der Waals surface area (Å²) in [6, 6.07) is 8.64. The van der Waals surface area contributed by atoms with Crippen LogP contribution >= 0.6 is 0 Å². The molecule has 134 valence electrons. The highest BCUT2D eigenvalue weighted by Crippen LogP contribution is 2.30. The Kier molecular flexibility index (Phi) is 7.72. The van der Waals surface area contributed by atoms with Crippen molar-refractivity contribution in [3.05, 3.63) is 24.3 Å². The van der Waals surface area contributed by atoms with Crippen LogP contribution in [0.3, 0.4) is 0 Å². The van der Waals surface area contributed by atoms with Gasteiger partial charge in [-0.1, -0.05) is 38.3 Å². The van der Waals surface area contributed by atoms with Crippen molar-refractivity contribution < 1.29 is 4.74 Å². The zero-order valence-corrected chi connectivity index (χ0v) is 15.3. The van der Waals surface area contributed by atoms with Gasteiger partial charge in [-0.05, 0) is 25.0 Å². The minimum absolute atomic E-state index is 0.414. The fraction of sp³-hybridized carbons (Fsp3) is 0.632. The number of nitrogens with zero attached hydrogens (tertiary/aromatic N) is 2. The summed E-state index contributed by atoms with van der Waals surface area (Å²) >= 11 is 0. The zero-order valence-electron chi connectivity index (χ0n) is 15.3. The Balaban J connectivity index is 1.80. The fourth-order valence-electron chi connectivity index (χ4n) is 3.13. The summed E-state index contributed by atoms with van der Waals surface area (Å²) in [6.07, 6.45) is 6.17. The molecule has 0 spiro atoms. The van der Waals surface area contributed by atoms with Crippen molar-refractivity contribution in [1.29, 1.82) is 0 Å². The molecule has 1 aromatic rings. The zero-order chi connectivity index (χ0) is 17.2. The Hall–Kier alpha value is -1.91. The minimum atomic E-state index is 0.414. The maximum atomic E-state index is 5.48. The molecule has 1 aliphatic heterocycles. The highest BCUT2D eigenvalue weighted by atomic mass is 16.5. The van der Waals surface area contributed by atoms with Gasteiger partial charge in [0.15, 0.2) is 5.96 Å². The van der Waals surface area contributed by atoms with E-state index >= 15 is 0 Å². The summed E-state index contributed by atoms with van der Waals surface area (Å²) in [6.45, 7) is 5.23. The second-order valence-corrected chi connectivity index (χ2v) is 6.31. The molecule has 2 N–H and O–H groups in total. The van der Waals surface area contributed by atoms with Gasteiger partial charge in [-0.25, -0.2) is 0 Å². The molecule has 1 atom stereocenters. The normalized spacial score (nSPS) is 17.9. The van der Waals surface area contributed by atoms with Crippen molar-refractivity contribution in [3.8, 4) is 5.75 Å². The Morgan fingerprint density at radius 1 is 1.29 bits per heavy atom. The van der Waals surface area contributed by atoms with Gasteiger partial charge in [0.2, 0.25) is 0 Å². The SMILES string of the molecule is CCCCCCNC(=NC)NC1CCN(c2ccccc2OC)C1. The Morgan fingerprint density at radius 2 is 2.12 bits per heavy atom. The van der Waals surface area contributed by atoms with Crippen LogP contribution in [0.15, 0.2) is 29.3 Å². The van der Waals surface area contributed by atoms with Crippen LogP contribution in [-0.4, -0.2) is 45.8 Å². The minimum Gasteiger partial charge on any atom is -0.495 e. The number of rotatable bonds is 8. The van der Waals surface area contributed by atoms with Gasteiger partial charge in [-0.2, -0.15) is 0 Å². The van der Waals surface area contributed by atoms with Crippen LogP contribution in [0.5, 0.6) is 5.75 Å². The van der Waals surface area contributed by atoms with E-state index in [0.717, 1.165) is 37.8 Å². The van der Waals surface area contributed by atoms with Gasteiger partial charge in [0.1, 0.15) is 5.75 Å². The van der Waals surface area contributed by atoms with E-state index in [-0.39, 0.29) is 0 Å². The van der Waals surface area contributed by atoms with Gasteiger partial charge in [-0.15, -0.1) is 0 Å². The number of unbranched alkanes of at least 4 members (excludes halogenated alkanes) is 3. The molecular formula is C19H32N4O. The van der Waals surface area contributed by atoms with E-state index in [1.165, 1.54) is 31.4 Å². The molecule has 1 aromatic carbocycles. The third kappa shape index (κ3) is 5.32. The molecule has 0 radical (unpaired) electrons. The summed E-state index contributed by atoms with van der Waals surface area (Å²) in [5, 5.41) is 6.98. The standard InChI is InChI=1S/C19H32N4O/c1-4-5-6-9-13-21-19(20-2)22-16-12-14-23(15-16)17-10-7-8-11-18(17)24-3/h7-8,10-11,16H,4-6,9,12-15H2,1-3H3,(H2,20,21,22). The van der Waals surface area contributed by atoms with Crippen LogP contribution < -0.4 is 20.3 Å². The number of hydrogen-bond acceptors (Lipinski definition) is 3. The van der Waals surface area contributed by atoms with Crippen molar-refractivity contribution >= 4 is 11.6 Å². The summed E-state index contributed by atoms with van der Waals surface area (Å²) in [5.41, 5.74) is 1.17. The van der Waals surface area contributed by atoms with E-state index < -0.39 is 0 Å². The van der Waals surface area contributed by atoms with Crippen LogP contribution in [0.1, 0.15) is 39.0 Å². The number of methoxy groups -OCH3 is 1. The molecule has 1 heterocycles. The van der Waals surface area contributed by atoms with Crippen LogP contribution in [0.2, 0.25) is 0 Å². The van der Waals surface area contributed by atoms with E-state index in [9.17, 15) is 0 Å². The number of guanidine groups is 1. The highest BCUT2D eigenvalue weighted by Gasteiger charge is 2.25. The molecule has 0 bridgehead atoms. The molecule has 1 fully saturated rings. The van der Waals surface area contributed by atoms with Crippen LogP contribution in [-0.2, 0) is 0 Å². The average Bonchev–Trinajstić information content (AvgIpc) is 3.08. The Bertz CT molecular complexity index is 518. The quantitative estimate of drug-likeness (QED) is 0.436. The van der Waals surface area contributed by atoms with E-state index in [1.807, 2.05) is 19.2 Å². The van der Waals surface area contributed by atoms with Crippen LogP contribution in [0, 0.1) is 0 Å². The van der Waals surface area contributed by atoms with Crippen LogP contribution in [0.4, 0.5) is 5.69 Å². The molecule has 0 aliphatic carbocycles. The number of benzene rings is 1. The van der Waals surface area contributed by atoms with Gasteiger partial charge in [0.05, 0.1) is 12.8 Å². The number of para-hydroxylation sites is 2. The summed E-state index contributed by atoms with van der Waals surface area (Å²) < 4.78 is 5.48. The van der Waals surface area contributed by atoms with Crippen molar-refractivity contribution in [2.75, 3.05) is 38.7 Å². The molecule has 1 saturated heterocycles. The number of ether oxygens (including phenoxy) is 1. The highest BCUT2D eigenvalue weighted by molar-refractivity contribution is 5.80. The maximum Gasteiger partial charge on any atom is 0.191 e. The number of aliphatic imine (C=N–C) groups is 1. The third-order valence-corrected chi connectivity index (χ3v) is 4.50. The molecule has 1 unspecified atom stereocenters. The average molecular weight is 332 g/mol. The monoisotopic (exact) mass is 332 g/mol. The molecule has 0 amide bonds. The third-order valence-electron chi connectivity index (χ3n) is 4.50. The van der Waals surface area contributed by atoms with E-state index in [2.05, 4.69) is 39.6 Å². The number of hydrogen-bond donors (Lipinski definition) is 2. The first-order chi connectivity index (χ1) is 11.8. The summed E-state index contributed by atoms with van der Waals surface area (Å²) in [7, 11) is 3.57. The van der Waals surface area contributed by atoms with Gasteiger partial charge >= 0.3 is 0 Å². The fourth-order valence-corrected chi connectivity index (χ4v) is 3.13. The predicted octanol–water partition coefficient (Wildman–Crippen LogP) is 3.02. The first-order valence-electron chi connectivity index (χ1n) is 9.13. The smallest absolute Gasteiger partial charge is 0.191 e. The van der Waals surface area contributed by atoms with Crippen molar-refractivity contribution in [1.82, 2.24) is 10.6 Å².